The van der Waals surface area contributed by atoms with Crippen molar-refractivity contribution in [3.8, 4) is 0 Å². The number of hydrogen-bond acceptors (Lipinski definition) is 3. The van der Waals surface area contributed by atoms with E-state index in [1.54, 1.807) is 17.8 Å². The lowest BCUT2D eigenvalue weighted by atomic mass is 9.99. The molecule has 2 N–H and O–H groups in total. The number of rotatable bonds is 3. The molecule has 3 nitrogen and oxygen atoms in total. The van der Waals surface area contributed by atoms with Crippen LogP contribution in [0.4, 0.5) is 0 Å². The Balaban J connectivity index is 0.00000200. The van der Waals surface area contributed by atoms with Crippen LogP contribution >= 0.6 is 35.8 Å². The molecule has 1 amide bonds. The summed E-state index contributed by atoms with van der Waals surface area (Å²) < 4.78 is 0. The van der Waals surface area contributed by atoms with Gasteiger partial charge < -0.3 is 10.6 Å². The van der Waals surface area contributed by atoms with E-state index in [1.165, 1.54) is 0 Å². The summed E-state index contributed by atoms with van der Waals surface area (Å²) >= 11 is 7.72. The molecule has 1 heterocycles. The van der Waals surface area contributed by atoms with Crippen molar-refractivity contribution in [3.05, 3.63) is 28.8 Å². The van der Waals surface area contributed by atoms with Gasteiger partial charge in [-0.05, 0) is 50.8 Å². The van der Waals surface area contributed by atoms with Crippen molar-refractivity contribution in [1.29, 1.82) is 0 Å². The van der Waals surface area contributed by atoms with Crippen molar-refractivity contribution >= 4 is 41.7 Å². The standard InChI is InChI=1S/C14H19ClN2OS.ClH/c1-9-13(4-3-7-16-9)17-14(18)11-8-10(19-2)5-6-12(11)15;/h5-6,8-9,13,16H,3-4,7H2,1-2H3,(H,17,18);1H. The fourth-order valence-corrected chi connectivity index (χ4v) is 2.94. The van der Waals surface area contributed by atoms with Crippen LogP contribution in [0.2, 0.25) is 5.02 Å². The fourth-order valence-electron chi connectivity index (χ4n) is 2.29. The molecular weight excluding hydrogens is 315 g/mol. The molecule has 2 atom stereocenters. The molecule has 0 aliphatic carbocycles. The largest absolute Gasteiger partial charge is 0.348 e. The van der Waals surface area contributed by atoms with Crippen molar-refractivity contribution in [1.82, 2.24) is 10.6 Å². The Morgan fingerprint density at radius 2 is 2.25 bits per heavy atom. The molecule has 112 valence electrons. The third-order valence-electron chi connectivity index (χ3n) is 3.50. The van der Waals surface area contributed by atoms with Gasteiger partial charge in [-0.25, -0.2) is 0 Å². The Morgan fingerprint density at radius 3 is 2.90 bits per heavy atom. The fraction of sp³-hybridized carbons (Fsp3) is 0.500. The Hall–Kier alpha value is -0.420. The maximum atomic E-state index is 12.3. The van der Waals surface area contributed by atoms with Crippen LogP contribution in [0.3, 0.4) is 0 Å². The molecule has 0 saturated carbocycles. The zero-order chi connectivity index (χ0) is 13.8. The summed E-state index contributed by atoms with van der Waals surface area (Å²) in [6.45, 7) is 3.13. The van der Waals surface area contributed by atoms with E-state index < -0.39 is 0 Å². The van der Waals surface area contributed by atoms with Crippen LogP contribution in [-0.4, -0.2) is 30.8 Å². The number of hydrogen-bond donors (Lipinski definition) is 2. The molecule has 1 aliphatic heterocycles. The predicted octanol–water partition coefficient (Wildman–Crippen LogP) is 3.35. The van der Waals surface area contributed by atoms with Gasteiger partial charge in [0.1, 0.15) is 0 Å². The van der Waals surface area contributed by atoms with E-state index in [9.17, 15) is 4.79 Å². The summed E-state index contributed by atoms with van der Waals surface area (Å²) in [5.41, 5.74) is 0.561. The summed E-state index contributed by atoms with van der Waals surface area (Å²) in [7, 11) is 0. The number of piperidine rings is 1. The van der Waals surface area contributed by atoms with Crippen LogP contribution in [0.25, 0.3) is 0 Å². The number of thioether (sulfide) groups is 1. The summed E-state index contributed by atoms with van der Waals surface area (Å²) in [5.74, 6) is -0.0820. The van der Waals surface area contributed by atoms with Crippen LogP contribution in [0, 0.1) is 0 Å². The molecular formula is C14H20Cl2N2OS. The normalized spacial score (nSPS) is 21.9. The van der Waals surface area contributed by atoms with Gasteiger partial charge in [0.25, 0.3) is 5.91 Å². The Bertz CT molecular complexity index is 470. The van der Waals surface area contributed by atoms with Crippen molar-refractivity contribution in [3.63, 3.8) is 0 Å². The summed E-state index contributed by atoms with van der Waals surface area (Å²) in [4.78, 5) is 13.4. The predicted molar refractivity (Wildman–Crippen MR) is 88.4 cm³/mol. The van der Waals surface area contributed by atoms with E-state index in [4.69, 9.17) is 11.6 Å². The van der Waals surface area contributed by atoms with Gasteiger partial charge in [0.15, 0.2) is 0 Å². The van der Waals surface area contributed by atoms with Crippen molar-refractivity contribution < 1.29 is 4.79 Å². The second kappa shape index (κ2) is 8.13. The SMILES string of the molecule is CSc1ccc(Cl)c(C(=O)NC2CCCNC2C)c1.Cl. The van der Waals surface area contributed by atoms with Gasteiger partial charge in [-0.3, -0.25) is 4.79 Å². The molecule has 20 heavy (non-hydrogen) atoms. The third-order valence-corrected chi connectivity index (χ3v) is 4.55. The molecule has 1 fully saturated rings. The topological polar surface area (TPSA) is 41.1 Å². The first-order valence-electron chi connectivity index (χ1n) is 6.49. The van der Waals surface area contributed by atoms with Crippen LogP contribution in [-0.2, 0) is 0 Å². The quantitative estimate of drug-likeness (QED) is 0.833. The number of nitrogens with one attached hydrogen (secondary N) is 2. The summed E-state index contributed by atoms with van der Waals surface area (Å²) in [6.07, 6.45) is 4.09. The molecule has 2 rings (SSSR count). The van der Waals surface area contributed by atoms with E-state index in [1.807, 2.05) is 18.4 Å². The number of benzene rings is 1. The molecule has 1 saturated heterocycles. The maximum Gasteiger partial charge on any atom is 0.253 e. The first-order valence-corrected chi connectivity index (χ1v) is 8.10. The third kappa shape index (κ3) is 4.29. The second-order valence-corrected chi connectivity index (χ2v) is 6.10. The van der Waals surface area contributed by atoms with Crippen molar-refractivity contribution in [2.24, 2.45) is 0 Å². The molecule has 0 aromatic heterocycles. The summed E-state index contributed by atoms with van der Waals surface area (Å²) in [6, 6.07) is 6.04. The molecule has 0 bridgehead atoms. The van der Waals surface area contributed by atoms with Crippen LogP contribution in [0.1, 0.15) is 30.1 Å². The highest BCUT2D eigenvalue weighted by molar-refractivity contribution is 7.98. The smallest absolute Gasteiger partial charge is 0.253 e. The lowest BCUT2D eigenvalue weighted by Crippen LogP contribution is -2.51. The highest BCUT2D eigenvalue weighted by Crippen LogP contribution is 2.23. The van der Waals surface area contributed by atoms with Crippen molar-refractivity contribution in [2.75, 3.05) is 12.8 Å². The number of halogens is 2. The van der Waals surface area contributed by atoms with Crippen LogP contribution in [0.5, 0.6) is 0 Å². The van der Waals surface area contributed by atoms with Gasteiger partial charge in [-0.2, -0.15) is 0 Å². The van der Waals surface area contributed by atoms with E-state index in [-0.39, 0.29) is 24.4 Å². The number of amides is 1. The average Bonchev–Trinajstić information content (AvgIpc) is 2.42. The van der Waals surface area contributed by atoms with Crippen LogP contribution in [0.15, 0.2) is 23.1 Å². The highest BCUT2D eigenvalue weighted by Gasteiger charge is 2.23. The van der Waals surface area contributed by atoms with E-state index >= 15 is 0 Å². The van der Waals surface area contributed by atoms with Gasteiger partial charge in [0, 0.05) is 17.0 Å². The number of carbonyl (C=O) groups is 1. The van der Waals surface area contributed by atoms with Crippen LogP contribution < -0.4 is 10.6 Å². The minimum absolute atomic E-state index is 0. The second-order valence-electron chi connectivity index (χ2n) is 4.81. The van der Waals surface area contributed by atoms with Crippen molar-refractivity contribution in [2.45, 2.75) is 36.7 Å². The molecule has 1 aromatic carbocycles. The van der Waals surface area contributed by atoms with Gasteiger partial charge in [0.05, 0.1) is 10.6 Å². The average molecular weight is 335 g/mol. The Kier molecular flexibility index (Phi) is 7.17. The number of carbonyl (C=O) groups excluding carboxylic acids is 1. The van der Waals surface area contributed by atoms with E-state index in [2.05, 4.69) is 17.6 Å². The van der Waals surface area contributed by atoms with Gasteiger partial charge in [0.2, 0.25) is 0 Å². The molecule has 1 aromatic rings. The Morgan fingerprint density at radius 1 is 1.50 bits per heavy atom. The molecule has 0 radical (unpaired) electrons. The van der Waals surface area contributed by atoms with Gasteiger partial charge in [-0.1, -0.05) is 11.6 Å². The lowest BCUT2D eigenvalue weighted by molar-refractivity contribution is 0.0920. The first-order chi connectivity index (χ1) is 9.11. The zero-order valence-electron chi connectivity index (χ0n) is 11.6. The molecule has 6 heteroatoms. The zero-order valence-corrected chi connectivity index (χ0v) is 14.0. The monoisotopic (exact) mass is 334 g/mol. The lowest BCUT2D eigenvalue weighted by Gasteiger charge is -2.30. The Labute approximate surface area is 135 Å². The molecule has 2 unspecified atom stereocenters. The maximum absolute atomic E-state index is 12.3. The summed E-state index contributed by atoms with van der Waals surface area (Å²) in [5, 5.41) is 6.96. The van der Waals surface area contributed by atoms with Gasteiger partial charge >= 0.3 is 0 Å². The van der Waals surface area contributed by atoms with Gasteiger partial charge in [-0.15, -0.1) is 24.2 Å². The molecule has 1 aliphatic rings. The first kappa shape index (κ1) is 17.6. The molecule has 0 spiro atoms. The minimum atomic E-state index is -0.0820. The van der Waals surface area contributed by atoms with E-state index in [0.717, 1.165) is 24.3 Å². The van der Waals surface area contributed by atoms with E-state index in [0.29, 0.717) is 16.6 Å². The highest BCUT2D eigenvalue weighted by atomic mass is 35.5. The minimum Gasteiger partial charge on any atom is -0.348 e.